The minimum atomic E-state index is -4.06. The smallest absolute Gasteiger partial charge is 0.287 e. The molecule has 0 aliphatic rings. The van der Waals surface area contributed by atoms with Crippen molar-refractivity contribution in [2.75, 3.05) is 7.11 Å². The topological polar surface area (TPSA) is 78.3 Å². The maximum absolute atomic E-state index is 14.1. The molecule has 9 heteroatoms. The highest BCUT2D eigenvalue weighted by Crippen LogP contribution is 2.28. The zero-order valence-electron chi connectivity index (χ0n) is 16.2. The number of Topliss-reactive ketones (excluding diaryl/α,β-unsaturated/α-hetero) is 1. The molecule has 4 aromatic rings. The predicted molar refractivity (Wildman–Crippen MR) is 115 cm³/mol. The van der Waals surface area contributed by atoms with E-state index in [4.69, 9.17) is 16.3 Å². The van der Waals surface area contributed by atoms with E-state index in [9.17, 15) is 17.6 Å². The molecule has 158 valence electrons. The molecule has 0 atom stereocenters. The summed E-state index contributed by atoms with van der Waals surface area (Å²) in [4.78, 5) is 12.6. The summed E-state index contributed by atoms with van der Waals surface area (Å²) in [7, 11) is -2.68. The second-order valence-corrected chi connectivity index (χ2v) is 8.88. The van der Waals surface area contributed by atoms with Crippen molar-refractivity contribution in [1.29, 1.82) is 0 Å². The summed E-state index contributed by atoms with van der Waals surface area (Å²) in [6.45, 7) is 0. The molecule has 0 N–H and O–H groups in total. The number of benzene rings is 3. The van der Waals surface area contributed by atoms with E-state index < -0.39 is 21.6 Å². The van der Waals surface area contributed by atoms with Gasteiger partial charge in [-0.25, -0.2) is 4.39 Å². The highest BCUT2D eigenvalue weighted by molar-refractivity contribution is 7.90. The van der Waals surface area contributed by atoms with E-state index in [2.05, 4.69) is 5.10 Å². The molecule has 0 amide bonds. The number of ether oxygens (including phenoxy) is 1. The molecule has 1 heterocycles. The fraction of sp³-hybridized carbons (Fsp3) is 0.0909. The lowest BCUT2D eigenvalue weighted by Crippen LogP contribution is -2.15. The number of rotatable bonds is 6. The average molecular weight is 459 g/mol. The van der Waals surface area contributed by atoms with E-state index in [1.165, 1.54) is 31.5 Å². The summed E-state index contributed by atoms with van der Waals surface area (Å²) in [5.74, 6) is -1.03. The van der Waals surface area contributed by atoms with Gasteiger partial charge >= 0.3 is 0 Å². The molecule has 0 saturated heterocycles. The van der Waals surface area contributed by atoms with Gasteiger partial charge in [-0.05, 0) is 35.9 Å². The molecule has 6 nitrogen and oxygen atoms in total. The maximum Gasteiger partial charge on any atom is 0.287 e. The Bertz CT molecular complexity index is 1400. The van der Waals surface area contributed by atoms with Gasteiger partial charge in [0.2, 0.25) is 0 Å². The van der Waals surface area contributed by atoms with Crippen LogP contribution in [0, 0.1) is 5.82 Å². The Labute approximate surface area is 182 Å². The number of carbonyl (C=O) groups is 1. The molecule has 31 heavy (non-hydrogen) atoms. The first kappa shape index (κ1) is 21.0. The lowest BCUT2D eigenvalue weighted by Gasteiger charge is -2.10. The van der Waals surface area contributed by atoms with Crippen molar-refractivity contribution < 1.29 is 22.3 Å². The van der Waals surface area contributed by atoms with Crippen LogP contribution >= 0.6 is 11.6 Å². The Kier molecular flexibility index (Phi) is 5.51. The van der Waals surface area contributed by atoms with E-state index in [1.54, 1.807) is 36.4 Å². The Morgan fingerprint density at radius 2 is 1.90 bits per heavy atom. The molecular formula is C22H16ClFN2O4S. The first-order valence-corrected chi connectivity index (χ1v) is 11.0. The Balaban J connectivity index is 1.76. The van der Waals surface area contributed by atoms with Crippen LogP contribution in [-0.2, 0) is 16.4 Å². The molecule has 0 saturated carbocycles. The summed E-state index contributed by atoms with van der Waals surface area (Å²) >= 11 is 5.98. The van der Waals surface area contributed by atoms with E-state index in [0.717, 1.165) is 10.2 Å². The summed E-state index contributed by atoms with van der Waals surface area (Å²) in [6, 6.07) is 15.1. The van der Waals surface area contributed by atoms with Crippen LogP contribution in [0.2, 0.25) is 5.02 Å². The van der Waals surface area contributed by atoms with Crippen LogP contribution in [0.5, 0.6) is 5.75 Å². The Morgan fingerprint density at radius 1 is 1.13 bits per heavy atom. The van der Waals surface area contributed by atoms with Crippen LogP contribution in [0.25, 0.3) is 10.9 Å². The molecule has 3 aromatic carbocycles. The van der Waals surface area contributed by atoms with Gasteiger partial charge in [-0.15, -0.1) is 0 Å². The molecule has 0 fully saturated rings. The number of fused-ring (bicyclic) bond motifs is 1. The number of nitrogens with zero attached hydrogens (tertiary/aromatic N) is 2. The highest BCUT2D eigenvalue weighted by Gasteiger charge is 2.24. The molecule has 0 radical (unpaired) electrons. The number of methoxy groups -OCH3 is 1. The van der Waals surface area contributed by atoms with Gasteiger partial charge in [0, 0.05) is 11.8 Å². The van der Waals surface area contributed by atoms with Crippen molar-refractivity contribution in [3.8, 4) is 5.75 Å². The second kappa shape index (κ2) is 8.13. The lowest BCUT2D eigenvalue weighted by atomic mass is 10.0. The number of para-hydroxylation sites is 1. The molecular weight excluding hydrogens is 443 g/mol. The Morgan fingerprint density at radius 3 is 2.65 bits per heavy atom. The van der Waals surface area contributed by atoms with E-state index >= 15 is 0 Å². The summed E-state index contributed by atoms with van der Waals surface area (Å²) in [5.41, 5.74) is 0.587. The molecule has 1 aromatic heterocycles. The predicted octanol–water partition coefficient (Wildman–Crippen LogP) is 4.50. The largest absolute Gasteiger partial charge is 0.495 e. The van der Waals surface area contributed by atoms with Gasteiger partial charge in [0.05, 0.1) is 29.4 Å². The van der Waals surface area contributed by atoms with Crippen LogP contribution in [0.3, 0.4) is 0 Å². The number of aromatic nitrogens is 2. The zero-order valence-corrected chi connectivity index (χ0v) is 17.8. The first-order valence-electron chi connectivity index (χ1n) is 9.15. The maximum atomic E-state index is 14.1. The molecule has 0 aliphatic carbocycles. The quantitative estimate of drug-likeness (QED) is 0.397. The van der Waals surface area contributed by atoms with E-state index in [0.29, 0.717) is 10.9 Å². The zero-order chi connectivity index (χ0) is 22.2. The Hall–Kier alpha value is -3.23. The number of hydrogen-bond donors (Lipinski definition) is 0. The van der Waals surface area contributed by atoms with Gasteiger partial charge in [0.25, 0.3) is 10.0 Å². The fourth-order valence-electron chi connectivity index (χ4n) is 3.31. The van der Waals surface area contributed by atoms with Gasteiger partial charge in [-0.2, -0.15) is 17.6 Å². The summed E-state index contributed by atoms with van der Waals surface area (Å²) < 4.78 is 46.6. The number of carbonyl (C=O) groups excluding carboxylic acids is 1. The number of halogens is 2. The van der Waals surface area contributed by atoms with Crippen molar-refractivity contribution in [3.63, 3.8) is 0 Å². The van der Waals surface area contributed by atoms with E-state index in [-0.39, 0.29) is 33.2 Å². The van der Waals surface area contributed by atoms with Gasteiger partial charge in [0.15, 0.2) is 5.78 Å². The van der Waals surface area contributed by atoms with Crippen molar-refractivity contribution >= 4 is 38.3 Å². The minimum absolute atomic E-state index is 0.0230. The number of ketones is 1. The van der Waals surface area contributed by atoms with Crippen molar-refractivity contribution in [2.24, 2.45) is 0 Å². The first-order chi connectivity index (χ1) is 14.8. The minimum Gasteiger partial charge on any atom is -0.495 e. The molecule has 0 unspecified atom stereocenters. The molecule has 0 bridgehead atoms. The lowest BCUT2D eigenvalue weighted by molar-refractivity contribution is 0.0989. The third-order valence-electron chi connectivity index (χ3n) is 4.78. The number of hydrogen-bond acceptors (Lipinski definition) is 5. The standard InChI is InChI=1S/C22H16ClFN2O4S/c1-30-20-7-2-3-8-21(20)31(28,29)26-18-11-14(9-10-15(18)13-25-26)12-19(27)22-16(23)5-4-6-17(22)24/h2-11,13H,12H2,1H3. The van der Waals surface area contributed by atoms with Gasteiger partial charge in [-0.1, -0.05) is 41.9 Å². The second-order valence-electron chi connectivity index (χ2n) is 6.73. The summed E-state index contributed by atoms with van der Waals surface area (Å²) in [5, 5.41) is 4.62. The van der Waals surface area contributed by atoms with Crippen LogP contribution in [-0.4, -0.2) is 30.5 Å². The van der Waals surface area contributed by atoms with Crippen LogP contribution < -0.4 is 4.74 Å². The third-order valence-corrected chi connectivity index (χ3v) is 6.74. The van der Waals surface area contributed by atoms with E-state index in [1.807, 2.05) is 0 Å². The average Bonchev–Trinajstić information content (AvgIpc) is 3.17. The monoisotopic (exact) mass is 458 g/mol. The third kappa shape index (κ3) is 3.80. The van der Waals surface area contributed by atoms with Crippen LogP contribution in [0.1, 0.15) is 15.9 Å². The normalized spacial score (nSPS) is 11.6. The molecule has 4 rings (SSSR count). The molecule has 0 spiro atoms. The van der Waals surface area contributed by atoms with Crippen molar-refractivity contribution in [2.45, 2.75) is 11.3 Å². The van der Waals surface area contributed by atoms with Crippen molar-refractivity contribution in [3.05, 3.63) is 88.8 Å². The SMILES string of the molecule is COc1ccccc1S(=O)(=O)n1ncc2ccc(CC(=O)c3c(F)cccc3Cl)cc21. The molecule has 0 aliphatic heterocycles. The van der Waals surface area contributed by atoms with Gasteiger partial charge in [-0.3, -0.25) is 4.79 Å². The highest BCUT2D eigenvalue weighted by atomic mass is 35.5. The van der Waals surface area contributed by atoms with Crippen LogP contribution in [0.4, 0.5) is 4.39 Å². The van der Waals surface area contributed by atoms with Crippen molar-refractivity contribution in [1.82, 2.24) is 9.19 Å². The van der Waals surface area contributed by atoms with Gasteiger partial charge in [0.1, 0.15) is 16.5 Å². The fourth-order valence-corrected chi connectivity index (χ4v) is 5.00. The summed E-state index contributed by atoms with van der Waals surface area (Å²) in [6.07, 6.45) is 1.26. The van der Waals surface area contributed by atoms with Crippen LogP contribution in [0.15, 0.2) is 71.8 Å². The van der Waals surface area contributed by atoms with Gasteiger partial charge < -0.3 is 4.74 Å².